The van der Waals surface area contributed by atoms with E-state index < -0.39 is 38.1 Å². The molecule has 0 bridgehead atoms. The van der Waals surface area contributed by atoms with Crippen LogP contribution in [0.4, 0.5) is 24.7 Å². The van der Waals surface area contributed by atoms with E-state index in [0.717, 1.165) is 74.5 Å². The average Bonchev–Trinajstić information content (AvgIpc) is 3.47. The number of benzene rings is 2. The lowest BCUT2D eigenvalue weighted by Crippen LogP contribution is -2.40. The number of hydrogen-bond donors (Lipinski definition) is 2. The van der Waals surface area contributed by atoms with Crippen molar-refractivity contribution in [1.82, 2.24) is 19.7 Å². The first-order valence-electron chi connectivity index (χ1n) is 16.1. The van der Waals surface area contributed by atoms with Gasteiger partial charge in [-0.1, -0.05) is 6.92 Å². The molecule has 0 saturated heterocycles. The fourth-order valence-electron chi connectivity index (χ4n) is 6.63. The number of pyridine rings is 1. The van der Waals surface area contributed by atoms with Crippen LogP contribution >= 0.6 is 0 Å². The molecule has 4 aromatic rings. The molecule has 3 N–H and O–H groups in total. The van der Waals surface area contributed by atoms with Crippen LogP contribution in [-0.2, 0) is 14.8 Å². The van der Waals surface area contributed by atoms with E-state index in [1.165, 1.54) is 13.2 Å². The monoisotopic (exact) mass is 688 g/mol. The van der Waals surface area contributed by atoms with Gasteiger partial charge in [0.1, 0.15) is 39.6 Å². The molecule has 0 amide bonds. The highest BCUT2D eigenvalue weighted by Gasteiger charge is 2.31. The Morgan fingerprint density at radius 3 is 2.42 bits per heavy atom. The third-order valence-electron chi connectivity index (χ3n) is 9.00. The zero-order valence-electron chi connectivity index (χ0n) is 27.9. The topological polar surface area (TPSA) is 125 Å². The molecule has 0 radical (unpaired) electrons. The number of rotatable bonds is 13. The Bertz CT molecular complexity index is 1880. The van der Waals surface area contributed by atoms with E-state index in [-0.39, 0.29) is 34.8 Å². The number of aromatic nitrogens is 3. The van der Waals surface area contributed by atoms with Crippen LogP contribution in [0.5, 0.6) is 5.75 Å². The predicted octanol–water partition coefficient (Wildman–Crippen LogP) is 6.87. The number of anilines is 2. The smallest absolute Gasteiger partial charge is 0.265 e. The summed E-state index contributed by atoms with van der Waals surface area (Å²) in [6, 6.07) is 4.98. The van der Waals surface area contributed by atoms with Crippen molar-refractivity contribution in [3.63, 3.8) is 0 Å². The van der Waals surface area contributed by atoms with E-state index in [0.29, 0.717) is 24.1 Å². The Hall–Kier alpha value is -3.88. The molecule has 0 spiro atoms. The second kappa shape index (κ2) is 14.7. The molecule has 0 unspecified atom stereocenters. The number of hydrogen-bond acceptors (Lipinski definition) is 8. The minimum absolute atomic E-state index is 0.0746. The molecule has 1 aliphatic rings. The van der Waals surface area contributed by atoms with Crippen LogP contribution in [0.3, 0.4) is 0 Å². The fourth-order valence-corrected chi connectivity index (χ4v) is 7.78. The number of halogens is 3. The normalized spacial score (nSPS) is 17.0. The maximum Gasteiger partial charge on any atom is 0.265 e. The summed E-state index contributed by atoms with van der Waals surface area (Å²) in [7, 11) is -1.64. The van der Waals surface area contributed by atoms with Gasteiger partial charge in [0.05, 0.1) is 30.3 Å². The van der Waals surface area contributed by atoms with Gasteiger partial charge in [-0.15, -0.1) is 0 Å². The molecular weight excluding hydrogens is 645 g/mol. The SMILES string of the molecule is CCCN(CCOC)C1CCC(c2cnc(N)c3c(-c4cc(F)c(NS(=O)(=O)c5cc(OC)ccc5F)cc4F)nn(C(C)C)c23)CC1. The van der Waals surface area contributed by atoms with Crippen molar-refractivity contribution in [2.45, 2.75) is 75.8 Å². The van der Waals surface area contributed by atoms with Gasteiger partial charge < -0.3 is 15.2 Å². The van der Waals surface area contributed by atoms with Crippen LogP contribution in [0.1, 0.15) is 70.4 Å². The van der Waals surface area contributed by atoms with Crippen LogP contribution in [0.25, 0.3) is 22.2 Å². The molecule has 2 aromatic heterocycles. The molecule has 0 aliphatic heterocycles. The van der Waals surface area contributed by atoms with E-state index in [1.54, 1.807) is 18.0 Å². The van der Waals surface area contributed by atoms with Crippen LogP contribution in [0, 0.1) is 17.5 Å². The van der Waals surface area contributed by atoms with E-state index in [9.17, 15) is 12.8 Å². The Labute approximate surface area is 279 Å². The van der Waals surface area contributed by atoms with Crippen molar-refractivity contribution < 1.29 is 31.1 Å². The summed E-state index contributed by atoms with van der Waals surface area (Å²) in [6.07, 6.45) is 6.67. The van der Waals surface area contributed by atoms with Crippen molar-refractivity contribution in [2.75, 3.05) is 44.4 Å². The Balaban J connectivity index is 1.50. The largest absolute Gasteiger partial charge is 0.497 e. The quantitative estimate of drug-likeness (QED) is 0.156. The molecular formula is C34H43F3N6O4S. The number of nitrogens with two attached hydrogens (primary N) is 1. The predicted molar refractivity (Wildman–Crippen MR) is 180 cm³/mol. The lowest BCUT2D eigenvalue weighted by molar-refractivity contribution is 0.0990. The third-order valence-corrected chi connectivity index (χ3v) is 10.4. The summed E-state index contributed by atoms with van der Waals surface area (Å²) in [5, 5.41) is 5.13. The Kier molecular flexibility index (Phi) is 10.9. The van der Waals surface area contributed by atoms with Gasteiger partial charge in [-0.2, -0.15) is 5.10 Å². The van der Waals surface area contributed by atoms with Crippen molar-refractivity contribution >= 4 is 32.4 Å². The lowest BCUT2D eigenvalue weighted by Gasteiger charge is -2.37. The van der Waals surface area contributed by atoms with Gasteiger partial charge >= 0.3 is 0 Å². The number of nitrogens with zero attached hydrogens (tertiary/aromatic N) is 4. The van der Waals surface area contributed by atoms with Crippen LogP contribution in [0.15, 0.2) is 41.4 Å². The summed E-state index contributed by atoms with van der Waals surface area (Å²) in [5.74, 6) is -2.76. The van der Waals surface area contributed by atoms with Gasteiger partial charge in [0.15, 0.2) is 0 Å². The molecule has 260 valence electrons. The number of methoxy groups -OCH3 is 2. The van der Waals surface area contributed by atoms with Gasteiger partial charge in [-0.3, -0.25) is 14.3 Å². The van der Waals surface area contributed by atoms with Gasteiger partial charge in [0, 0.05) is 49.6 Å². The lowest BCUT2D eigenvalue weighted by atomic mass is 9.81. The highest BCUT2D eigenvalue weighted by atomic mass is 32.2. The second-order valence-corrected chi connectivity index (χ2v) is 14.1. The molecule has 14 heteroatoms. The molecule has 5 rings (SSSR count). The van der Waals surface area contributed by atoms with Gasteiger partial charge in [0.2, 0.25) is 0 Å². The van der Waals surface area contributed by atoms with Crippen molar-refractivity contribution in [3.05, 3.63) is 59.5 Å². The number of fused-ring (bicyclic) bond motifs is 1. The molecule has 1 fully saturated rings. The van der Waals surface area contributed by atoms with Gasteiger partial charge in [-0.25, -0.2) is 26.6 Å². The van der Waals surface area contributed by atoms with Gasteiger partial charge in [-0.05, 0) is 82.2 Å². The zero-order chi connectivity index (χ0) is 34.7. The molecule has 10 nitrogen and oxygen atoms in total. The summed E-state index contributed by atoms with van der Waals surface area (Å²) in [5.41, 5.74) is 7.27. The minimum Gasteiger partial charge on any atom is -0.497 e. The molecule has 48 heavy (non-hydrogen) atoms. The van der Waals surface area contributed by atoms with Crippen LogP contribution < -0.4 is 15.2 Å². The van der Waals surface area contributed by atoms with E-state index in [1.807, 2.05) is 18.6 Å². The number of nitrogen functional groups attached to an aromatic ring is 1. The average molecular weight is 689 g/mol. The van der Waals surface area contributed by atoms with E-state index in [4.69, 9.17) is 20.3 Å². The molecule has 2 heterocycles. The molecule has 1 saturated carbocycles. The number of sulfonamides is 1. The Morgan fingerprint density at radius 1 is 1.04 bits per heavy atom. The van der Waals surface area contributed by atoms with Crippen molar-refractivity contribution in [1.29, 1.82) is 0 Å². The Morgan fingerprint density at radius 2 is 1.77 bits per heavy atom. The summed E-state index contributed by atoms with van der Waals surface area (Å²) < 4.78 is 85.9. The highest BCUT2D eigenvalue weighted by Crippen LogP contribution is 2.43. The summed E-state index contributed by atoms with van der Waals surface area (Å²) >= 11 is 0. The minimum atomic E-state index is -4.65. The van der Waals surface area contributed by atoms with Gasteiger partial charge in [0.25, 0.3) is 10.0 Å². The zero-order valence-corrected chi connectivity index (χ0v) is 28.7. The van der Waals surface area contributed by atoms with Crippen molar-refractivity contribution in [3.8, 4) is 17.0 Å². The highest BCUT2D eigenvalue weighted by molar-refractivity contribution is 7.92. The molecule has 1 aliphatic carbocycles. The standard InChI is InChI=1S/C34H43F3N6O4S/c1-6-13-42(14-15-46-4)22-9-7-21(8-10-22)25-19-39-34(38)31-32(40-43(20(2)3)33(25)31)24-17-28(37)29(18-27(24)36)41-48(44,45)30-16-23(47-5)11-12-26(30)35/h11-12,16-22,41H,6-10,13-15H2,1-5H3,(H2,38,39). The molecule has 2 aromatic carbocycles. The summed E-state index contributed by atoms with van der Waals surface area (Å²) in [6.45, 7) is 8.64. The maximum absolute atomic E-state index is 15.9. The first-order valence-corrected chi connectivity index (χ1v) is 17.6. The number of ether oxygens (including phenoxy) is 2. The van der Waals surface area contributed by atoms with E-state index >= 15 is 8.78 Å². The van der Waals surface area contributed by atoms with E-state index in [2.05, 4.69) is 16.8 Å². The fraction of sp³-hybridized carbons (Fsp3) is 0.471. The number of nitrogens with one attached hydrogen (secondary N) is 1. The first kappa shape index (κ1) is 35.4. The maximum atomic E-state index is 15.9. The van der Waals surface area contributed by atoms with Crippen molar-refractivity contribution in [2.24, 2.45) is 0 Å². The summed E-state index contributed by atoms with van der Waals surface area (Å²) in [4.78, 5) is 6.21. The molecule has 0 atom stereocenters. The third kappa shape index (κ3) is 7.10. The second-order valence-electron chi connectivity index (χ2n) is 12.5. The van der Waals surface area contributed by atoms with Crippen LogP contribution in [0.2, 0.25) is 0 Å². The van der Waals surface area contributed by atoms with Crippen LogP contribution in [-0.4, -0.2) is 68.0 Å². The first-order chi connectivity index (χ1) is 22.9.